The number of nitrogens with one attached hydrogen (secondary N) is 1. The van der Waals surface area contributed by atoms with Gasteiger partial charge in [-0.25, -0.2) is 0 Å². The summed E-state index contributed by atoms with van der Waals surface area (Å²) in [6.45, 7) is 4.90. The van der Waals surface area contributed by atoms with E-state index in [0.29, 0.717) is 0 Å². The third-order valence-corrected chi connectivity index (χ3v) is 2.65. The largest absolute Gasteiger partial charge is 0.522 e. The minimum Gasteiger partial charge on any atom is -0.342 e. The summed E-state index contributed by atoms with van der Waals surface area (Å²) in [5.74, 6) is -0.523. The van der Waals surface area contributed by atoms with Crippen LogP contribution in [0.1, 0.15) is 20.8 Å². The number of halogens is 4. The lowest BCUT2D eigenvalue weighted by atomic mass is 9.91. The van der Waals surface area contributed by atoms with Crippen molar-refractivity contribution >= 4 is 17.0 Å². The highest BCUT2D eigenvalue weighted by Gasteiger charge is 2.34. The van der Waals surface area contributed by atoms with Gasteiger partial charge >= 0.3 is 11.7 Å². The van der Waals surface area contributed by atoms with E-state index in [1.54, 1.807) is 13.8 Å². The van der Waals surface area contributed by atoms with E-state index in [-0.39, 0.29) is 18.4 Å². The number of alkyl halides is 3. The maximum absolute atomic E-state index is 11.9. The number of ether oxygens (including phenoxy) is 1. The Labute approximate surface area is 97.3 Å². The Morgan fingerprint density at radius 3 is 2.25 bits per heavy atom. The zero-order valence-electron chi connectivity index (χ0n) is 9.27. The Bertz CT molecular complexity index is 235. The second-order valence-electron chi connectivity index (χ2n) is 3.76. The molecule has 0 heterocycles. The molecule has 0 aliphatic heterocycles. The summed E-state index contributed by atoms with van der Waals surface area (Å²) in [6, 6.07) is 0. The second-order valence-corrected chi connectivity index (χ2v) is 4.10. The molecule has 0 saturated heterocycles. The zero-order valence-corrected chi connectivity index (χ0v) is 10.0. The van der Waals surface area contributed by atoms with Gasteiger partial charge in [-0.1, -0.05) is 13.8 Å². The highest BCUT2D eigenvalue weighted by atomic mass is 35.5. The normalized spacial score (nSPS) is 17.7. The van der Waals surface area contributed by atoms with Crippen LogP contribution < -0.4 is 5.32 Å². The minimum absolute atomic E-state index is 0.167. The standard InChI is InChI=1S/C9H15ClF3NO2/c1-5(4-14-8(10)15)6(2)7(3)16-9(11,12)13/h5-7H,4H2,1-3H3,(H,14,15)/t5?,6-,7+/m1/s1. The molecule has 1 unspecified atom stereocenters. The van der Waals surface area contributed by atoms with Gasteiger partial charge in [0.15, 0.2) is 0 Å². The highest BCUT2D eigenvalue weighted by Crippen LogP contribution is 2.25. The van der Waals surface area contributed by atoms with Gasteiger partial charge in [-0.3, -0.25) is 9.53 Å². The van der Waals surface area contributed by atoms with Crippen LogP contribution in [0.3, 0.4) is 0 Å². The summed E-state index contributed by atoms with van der Waals surface area (Å²) >= 11 is 5.05. The fourth-order valence-electron chi connectivity index (χ4n) is 1.21. The maximum Gasteiger partial charge on any atom is 0.522 e. The number of carbonyl (C=O) groups excluding carboxylic acids is 1. The Morgan fingerprint density at radius 2 is 1.88 bits per heavy atom. The summed E-state index contributed by atoms with van der Waals surface area (Å²) in [6.07, 6.45) is -5.61. The van der Waals surface area contributed by atoms with Crippen molar-refractivity contribution in [3.05, 3.63) is 0 Å². The molecular weight excluding hydrogens is 247 g/mol. The fraction of sp³-hybridized carbons (Fsp3) is 0.889. The van der Waals surface area contributed by atoms with Crippen LogP contribution in [0, 0.1) is 11.8 Å². The number of amides is 1. The van der Waals surface area contributed by atoms with Crippen LogP contribution in [-0.4, -0.2) is 24.4 Å². The Hall–Kier alpha value is -0.490. The van der Waals surface area contributed by atoms with Crippen molar-refractivity contribution in [2.45, 2.75) is 33.2 Å². The molecule has 1 N–H and O–H groups in total. The number of carbonyl (C=O) groups is 1. The molecule has 0 saturated carbocycles. The van der Waals surface area contributed by atoms with Gasteiger partial charge in [0.1, 0.15) is 0 Å². The van der Waals surface area contributed by atoms with E-state index in [1.807, 2.05) is 0 Å². The van der Waals surface area contributed by atoms with Crippen LogP contribution in [0.5, 0.6) is 0 Å². The number of hydrogen-bond donors (Lipinski definition) is 1. The molecule has 96 valence electrons. The van der Waals surface area contributed by atoms with Gasteiger partial charge in [0.25, 0.3) is 0 Å². The Kier molecular flexibility index (Phi) is 6.10. The molecule has 0 aliphatic carbocycles. The molecule has 0 radical (unpaired) electrons. The lowest BCUT2D eigenvalue weighted by Crippen LogP contribution is -2.35. The Balaban J connectivity index is 4.10. The molecule has 7 heteroatoms. The molecule has 0 bridgehead atoms. The lowest BCUT2D eigenvalue weighted by Gasteiger charge is -2.26. The summed E-state index contributed by atoms with van der Waals surface area (Å²) < 4.78 is 39.7. The van der Waals surface area contributed by atoms with Crippen molar-refractivity contribution in [1.29, 1.82) is 0 Å². The molecule has 0 fully saturated rings. The van der Waals surface area contributed by atoms with E-state index < -0.39 is 17.8 Å². The van der Waals surface area contributed by atoms with E-state index in [0.717, 1.165) is 0 Å². The van der Waals surface area contributed by atoms with Crippen molar-refractivity contribution in [3.8, 4) is 0 Å². The van der Waals surface area contributed by atoms with Crippen molar-refractivity contribution < 1.29 is 22.7 Å². The first-order chi connectivity index (χ1) is 7.13. The third-order valence-electron chi connectivity index (χ3n) is 2.52. The molecule has 16 heavy (non-hydrogen) atoms. The second kappa shape index (κ2) is 6.30. The first-order valence-electron chi connectivity index (χ1n) is 4.81. The quantitative estimate of drug-likeness (QED) is 0.610. The van der Waals surface area contributed by atoms with Gasteiger partial charge in [0.05, 0.1) is 6.10 Å². The average molecular weight is 262 g/mol. The predicted octanol–water partition coefficient (Wildman–Crippen LogP) is 3.13. The van der Waals surface area contributed by atoms with Crippen molar-refractivity contribution in [3.63, 3.8) is 0 Å². The molecule has 3 atom stereocenters. The van der Waals surface area contributed by atoms with Gasteiger partial charge in [-0.05, 0) is 30.4 Å². The highest BCUT2D eigenvalue weighted by molar-refractivity contribution is 6.62. The first-order valence-corrected chi connectivity index (χ1v) is 5.19. The molecule has 0 spiro atoms. The molecule has 0 aromatic rings. The average Bonchev–Trinajstić information content (AvgIpc) is 2.10. The van der Waals surface area contributed by atoms with Crippen LogP contribution in [0.4, 0.5) is 18.0 Å². The van der Waals surface area contributed by atoms with Crippen molar-refractivity contribution in [2.24, 2.45) is 11.8 Å². The van der Waals surface area contributed by atoms with Crippen molar-refractivity contribution in [2.75, 3.05) is 6.54 Å². The molecule has 0 aromatic carbocycles. The zero-order chi connectivity index (χ0) is 12.9. The van der Waals surface area contributed by atoms with Gasteiger partial charge in [0.2, 0.25) is 0 Å². The molecule has 3 nitrogen and oxygen atoms in total. The van der Waals surface area contributed by atoms with E-state index in [9.17, 15) is 18.0 Å². The number of rotatable bonds is 5. The van der Waals surface area contributed by atoms with Gasteiger partial charge < -0.3 is 5.32 Å². The first kappa shape index (κ1) is 15.5. The summed E-state index contributed by atoms with van der Waals surface area (Å²) in [7, 11) is 0. The molecular formula is C9H15ClF3NO2. The number of hydrogen-bond acceptors (Lipinski definition) is 2. The van der Waals surface area contributed by atoms with Crippen LogP contribution in [0.2, 0.25) is 0 Å². The van der Waals surface area contributed by atoms with Crippen LogP contribution in [0.15, 0.2) is 0 Å². The van der Waals surface area contributed by atoms with Gasteiger partial charge in [-0.2, -0.15) is 0 Å². The predicted molar refractivity (Wildman–Crippen MR) is 54.2 cm³/mol. The van der Waals surface area contributed by atoms with Crippen LogP contribution in [-0.2, 0) is 4.74 Å². The lowest BCUT2D eigenvalue weighted by molar-refractivity contribution is -0.346. The molecule has 1 amide bonds. The topological polar surface area (TPSA) is 38.3 Å². The fourth-order valence-corrected chi connectivity index (χ4v) is 1.29. The van der Waals surface area contributed by atoms with E-state index in [4.69, 9.17) is 11.6 Å². The van der Waals surface area contributed by atoms with E-state index in [1.165, 1.54) is 6.92 Å². The monoisotopic (exact) mass is 261 g/mol. The summed E-state index contributed by atoms with van der Waals surface area (Å²) in [4.78, 5) is 10.4. The molecule has 0 rings (SSSR count). The third kappa shape index (κ3) is 6.90. The minimum atomic E-state index is -4.64. The van der Waals surface area contributed by atoms with Gasteiger partial charge in [-0.15, -0.1) is 13.2 Å². The maximum atomic E-state index is 11.9. The molecule has 0 aromatic heterocycles. The van der Waals surface area contributed by atoms with Crippen LogP contribution in [0.25, 0.3) is 0 Å². The Morgan fingerprint density at radius 1 is 1.38 bits per heavy atom. The summed E-state index contributed by atoms with van der Waals surface area (Å²) in [5, 5.41) is 1.61. The SMILES string of the molecule is CC(CNC(=O)Cl)[C@@H](C)[C@H](C)OC(F)(F)F. The van der Waals surface area contributed by atoms with Crippen LogP contribution >= 0.6 is 11.6 Å². The van der Waals surface area contributed by atoms with Crippen molar-refractivity contribution in [1.82, 2.24) is 5.32 Å². The van der Waals surface area contributed by atoms with Gasteiger partial charge in [0, 0.05) is 6.54 Å². The summed E-state index contributed by atoms with van der Waals surface area (Å²) in [5.41, 5.74) is 0. The van der Waals surface area contributed by atoms with E-state index >= 15 is 0 Å². The van der Waals surface area contributed by atoms with E-state index in [2.05, 4.69) is 10.1 Å². The smallest absolute Gasteiger partial charge is 0.342 e. The molecule has 0 aliphatic rings.